The Kier molecular flexibility index (Phi) is 4.71. The molecule has 1 aliphatic carbocycles. The fourth-order valence-electron chi connectivity index (χ4n) is 2.51. The molecule has 1 aromatic rings. The molecule has 1 heterocycles. The molecule has 0 unspecified atom stereocenters. The Bertz CT molecular complexity index is 429. The van der Waals surface area contributed by atoms with Gasteiger partial charge in [-0.15, -0.1) is 0 Å². The van der Waals surface area contributed by atoms with E-state index in [1.807, 2.05) is 6.07 Å². The Balaban J connectivity index is 2.02. The number of Topliss-reactive ketones (excluding diaryl/α,β-unsaturated/α-hetero) is 1. The first-order valence-corrected chi connectivity index (χ1v) is 6.95. The van der Waals surface area contributed by atoms with Crippen molar-refractivity contribution in [3.63, 3.8) is 0 Å². The molecule has 1 N–H and O–H groups in total. The van der Waals surface area contributed by atoms with Gasteiger partial charge in [-0.25, -0.2) is 9.97 Å². The maximum Gasteiger partial charge on any atom is 0.148 e. The summed E-state index contributed by atoms with van der Waals surface area (Å²) in [6, 6.07) is 2.49. The number of ketones is 1. The van der Waals surface area contributed by atoms with Gasteiger partial charge in [0.05, 0.1) is 6.54 Å². The summed E-state index contributed by atoms with van der Waals surface area (Å²) in [5.74, 6) is 1.73. The number of carbonyl (C=O) groups is 1. The zero-order chi connectivity index (χ0) is 13.7. The van der Waals surface area contributed by atoms with Crippen LogP contribution in [-0.2, 0) is 4.79 Å². The summed E-state index contributed by atoms with van der Waals surface area (Å²) in [5, 5.41) is 3.01. The third kappa shape index (κ3) is 3.91. The first-order valence-electron chi connectivity index (χ1n) is 6.95. The lowest BCUT2D eigenvalue weighted by atomic mass is 9.94. The smallest absolute Gasteiger partial charge is 0.148 e. The second kappa shape index (κ2) is 6.50. The quantitative estimate of drug-likeness (QED) is 0.882. The van der Waals surface area contributed by atoms with Gasteiger partial charge < -0.3 is 10.2 Å². The minimum atomic E-state index is 0.0980. The van der Waals surface area contributed by atoms with Crippen molar-refractivity contribution in [3.05, 3.63) is 12.4 Å². The lowest BCUT2D eigenvalue weighted by molar-refractivity contribution is -0.115. The van der Waals surface area contributed by atoms with E-state index in [9.17, 15) is 4.79 Å². The summed E-state index contributed by atoms with van der Waals surface area (Å²) in [5.41, 5.74) is 0. The van der Waals surface area contributed by atoms with Crippen molar-refractivity contribution < 1.29 is 4.79 Å². The van der Waals surface area contributed by atoms with Gasteiger partial charge in [0.2, 0.25) is 0 Å². The number of nitrogens with one attached hydrogen (secondary N) is 1. The SMILES string of the molecule is CC(=O)CNc1cc(N(C)C2CCCCC2)ncn1. The predicted molar refractivity (Wildman–Crippen MR) is 76.5 cm³/mol. The van der Waals surface area contributed by atoms with Crippen molar-refractivity contribution in [1.29, 1.82) is 0 Å². The minimum Gasteiger partial charge on any atom is -0.363 e. The van der Waals surface area contributed by atoms with Crippen LogP contribution >= 0.6 is 0 Å². The molecule has 0 aromatic carbocycles. The summed E-state index contributed by atoms with van der Waals surface area (Å²) in [7, 11) is 2.09. The fourth-order valence-corrected chi connectivity index (χ4v) is 2.51. The second-order valence-electron chi connectivity index (χ2n) is 5.22. The maximum atomic E-state index is 11.0. The van der Waals surface area contributed by atoms with Crippen LogP contribution in [0.1, 0.15) is 39.0 Å². The van der Waals surface area contributed by atoms with Gasteiger partial charge in [-0.05, 0) is 19.8 Å². The summed E-state index contributed by atoms with van der Waals surface area (Å²) in [4.78, 5) is 21.7. The van der Waals surface area contributed by atoms with E-state index in [1.165, 1.54) is 32.1 Å². The predicted octanol–water partition coefficient (Wildman–Crippen LogP) is 2.25. The molecular weight excluding hydrogens is 240 g/mol. The van der Waals surface area contributed by atoms with Gasteiger partial charge in [0.1, 0.15) is 23.7 Å². The molecule has 0 aliphatic heterocycles. The molecule has 0 saturated heterocycles. The maximum absolute atomic E-state index is 11.0. The molecule has 5 nitrogen and oxygen atoms in total. The molecule has 1 saturated carbocycles. The number of hydrogen-bond acceptors (Lipinski definition) is 5. The molecule has 5 heteroatoms. The molecule has 19 heavy (non-hydrogen) atoms. The highest BCUT2D eigenvalue weighted by atomic mass is 16.1. The van der Waals surface area contributed by atoms with Crippen LogP contribution < -0.4 is 10.2 Å². The molecule has 0 atom stereocenters. The number of hydrogen-bond donors (Lipinski definition) is 1. The van der Waals surface area contributed by atoms with E-state index in [4.69, 9.17) is 0 Å². The first-order chi connectivity index (χ1) is 9.16. The molecule has 1 fully saturated rings. The largest absolute Gasteiger partial charge is 0.363 e. The lowest BCUT2D eigenvalue weighted by Crippen LogP contribution is -2.34. The van der Waals surface area contributed by atoms with Crippen LogP contribution in [-0.4, -0.2) is 35.4 Å². The highest BCUT2D eigenvalue weighted by Gasteiger charge is 2.19. The Morgan fingerprint density at radius 2 is 2.11 bits per heavy atom. The molecule has 0 spiro atoms. The molecular formula is C14H22N4O. The Hall–Kier alpha value is -1.65. The number of aromatic nitrogens is 2. The van der Waals surface area contributed by atoms with Gasteiger partial charge in [-0.3, -0.25) is 4.79 Å². The highest BCUT2D eigenvalue weighted by Crippen LogP contribution is 2.25. The van der Waals surface area contributed by atoms with Crippen LogP contribution in [0.5, 0.6) is 0 Å². The highest BCUT2D eigenvalue weighted by molar-refractivity contribution is 5.80. The summed E-state index contributed by atoms with van der Waals surface area (Å²) < 4.78 is 0. The van der Waals surface area contributed by atoms with E-state index in [1.54, 1.807) is 13.3 Å². The number of rotatable bonds is 5. The molecule has 0 amide bonds. The average Bonchev–Trinajstić information content (AvgIpc) is 2.45. The summed E-state index contributed by atoms with van der Waals surface area (Å²) >= 11 is 0. The first kappa shape index (κ1) is 13.8. The van der Waals surface area contributed by atoms with E-state index < -0.39 is 0 Å². The number of carbonyl (C=O) groups excluding carboxylic acids is 1. The van der Waals surface area contributed by atoms with Gasteiger partial charge in [0.25, 0.3) is 0 Å². The van der Waals surface area contributed by atoms with Crippen LogP contribution in [0.25, 0.3) is 0 Å². The van der Waals surface area contributed by atoms with Crippen LogP contribution in [0.15, 0.2) is 12.4 Å². The van der Waals surface area contributed by atoms with Crippen molar-refractivity contribution in [2.24, 2.45) is 0 Å². The molecule has 104 valence electrons. The Morgan fingerprint density at radius 3 is 2.79 bits per heavy atom. The third-order valence-corrected chi connectivity index (χ3v) is 3.65. The average molecular weight is 262 g/mol. The molecule has 0 radical (unpaired) electrons. The minimum absolute atomic E-state index is 0.0980. The Labute approximate surface area is 114 Å². The van der Waals surface area contributed by atoms with Gasteiger partial charge in [0, 0.05) is 19.2 Å². The summed E-state index contributed by atoms with van der Waals surface area (Å²) in [6.45, 7) is 1.87. The van der Waals surface area contributed by atoms with Gasteiger partial charge >= 0.3 is 0 Å². The summed E-state index contributed by atoms with van der Waals surface area (Å²) in [6.07, 6.45) is 7.97. The molecule has 1 aliphatic rings. The van der Waals surface area contributed by atoms with E-state index >= 15 is 0 Å². The van der Waals surface area contributed by atoms with E-state index in [2.05, 4.69) is 27.2 Å². The second-order valence-corrected chi connectivity index (χ2v) is 5.22. The zero-order valence-corrected chi connectivity index (χ0v) is 11.7. The molecule has 0 bridgehead atoms. The fraction of sp³-hybridized carbons (Fsp3) is 0.643. The van der Waals surface area contributed by atoms with E-state index in [-0.39, 0.29) is 5.78 Å². The van der Waals surface area contributed by atoms with Gasteiger partial charge in [-0.1, -0.05) is 19.3 Å². The third-order valence-electron chi connectivity index (χ3n) is 3.65. The van der Waals surface area contributed by atoms with Crippen LogP contribution in [0.3, 0.4) is 0 Å². The standard InChI is InChI=1S/C14H22N4O/c1-11(19)9-15-13-8-14(17-10-16-13)18(2)12-6-4-3-5-7-12/h8,10,12H,3-7,9H2,1-2H3,(H,15,16,17). The molecule has 2 rings (SSSR count). The van der Waals surface area contributed by atoms with Crippen LogP contribution in [0, 0.1) is 0 Å². The van der Waals surface area contributed by atoms with Gasteiger partial charge in [0.15, 0.2) is 0 Å². The van der Waals surface area contributed by atoms with Crippen molar-refractivity contribution in [1.82, 2.24) is 9.97 Å². The van der Waals surface area contributed by atoms with E-state index in [0.717, 1.165) is 5.82 Å². The van der Waals surface area contributed by atoms with Gasteiger partial charge in [-0.2, -0.15) is 0 Å². The van der Waals surface area contributed by atoms with Crippen molar-refractivity contribution in [2.75, 3.05) is 23.8 Å². The monoisotopic (exact) mass is 262 g/mol. The van der Waals surface area contributed by atoms with E-state index in [0.29, 0.717) is 18.4 Å². The van der Waals surface area contributed by atoms with Crippen LogP contribution in [0.4, 0.5) is 11.6 Å². The van der Waals surface area contributed by atoms with Crippen molar-refractivity contribution >= 4 is 17.4 Å². The Morgan fingerprint density at radius 1 is 1.37 bits per heavy atom. The zero-order valence-electron chi connectivity index (χ0n) is 11.7. The van der Waals surface area contributed by atoms with Crippen molar-refractivity contribution in [3.8, 4) is 0 Å². The molecule has 1 aromatic heterocycles. The number of anilines is 2. The van der Waals surface area contributed by atoms with Crippen molar-refractivity contribution in [2.45, 2.75) is 45.1 Å². The van der Waals surface area contributed by atoms with Crippen LogP contribution in [0.2, 0.25) is 0 Å². The topological polar surface area (TPSA) is 58.1 Å². The number of nitrogens with zero attached hydrogens (tertiary/aromatic N) is 3. The normalized spacial score (nSPS) is 16.1. The lowest BCUT2D eigenvalue weighted by Gasteiger charge is -2.32.